The molecule has 162 valence electrons. The van der Waals surface area contributed by atoms with Crippen LogP contribution in [0.3, 0.4) is 0 Å². The molecule has 6 nitrogen and oxygen atoms in total. The molecule has 3 N–H and O–H groups in total. The van der Waals surface area contributed by atoms with E-state index in [0.717, 1.165) is 5.56 Å². The Hall–Kier alpha value is -4.32. The Morgan fingerprint density at radius 3 is 1.88 bits per heavy atom. The van der Waals surface area contributed by atoms with Crippen LogP contribution >= 0.6 is 0 Å². The van der Waals surface area contributed by atoms with Gasteiger partial charge in [0.1, 0.15) is 11.5 Å². The average molecular weight is 430 g/mol. The molecule has 0 saturated heterocycles. The molecule has 0 aliphatic rings. The van der Waals surface area contributed by atoms with Gasteiger partial charge in [-0.3, -0.25) is 0 Å². The molecule has 0 aromatic heterocycles. The second-order valence-corrected chi connectivity index (χ2v) is 7.12. The van der Waals surface area contributed by atoms with E-state index in [9.17, 15) is 24.9 Å². The van der Waals surface area contributed by atoms with Gasteiger partial charge in [0.05, 0.1) is 18.3 Å². The molecule has 0 heterocycles. The van der Waals surface area contributed by atoms with Crippen LogP contribution in [0.25, 0.3) is 23.3 Å². The van der Waals surface area contributed by atoms with E-state index in [1.54, 1.807) is 67.6 Å². The van der Waals surface area contributed by atoms with Crippen LogP contribution in [0.15, 0.2) is 66.7 Å². The number of hydrogen-bond acceptors (Lipinski definition) is 4. The zero-order chi connectivity index (χ0) is 23.3. The van der Waals surface area contributed by atoms with E-state index >= 15 is 0 Å². The number of rotatable bonds is 7. The van der Waals surface area contributed by atoms with E-state index in [1.807, 2.05) is 0 Å². The Bertz CT molecular complexity index is 1200. The average Bonchev–Trinajstić information content (AvgIpc) is 2.77. The molecule has 0 spiro atoms. The highest BCUT2D eigenvalue weighted by Gasteiger charge is 2.14. The van der Waals surface area contributed by atoms with Crippen molar-refractivity contribution in [3.63, 3.8) is 0 Å². The number of phenolic OH excluding ortho intramolecular Hbond substituents is 1. The van der Waals surface area contributed by atoms with Crippen LogP contribution in [0.2, 0.25) is 0 Å². The molecule has 0 fully saturated rings. The largest absolute Gasteiger partial charge is 0.508 e. The number of aromatic hydroxyl groups is 1. The standard InChI is InChI=1S/C26H22O6/c1-16-13-20(23(25(28)29)14-17-3-9-21(27)10-4-17)6-5-19(16)15-24(26(30)31)18-7-11-22(32-2)12-8-18/h3-15,27H,1-2H3,(H,28,29)(H,30,31). The second-order valence-electron chi connectivity index (χ2n) is 7.12. The van der Waals surface area contributed by atoms with Gasteiger partial charge in [0.25, 0.3) is 0 Å². The smallest absolute Gasteiger partial charge is 0.336 e. The summed E-state index contributed by atoms with van der Waals surface area (Å²) in [7, 11) is 1.54. The molecule has 0 aliphatic heterocycles. The van der Waals surface area contributed by atoms with E-state index in [0.29, 0.717) is 28.0 Å². The van der Waals surface area contributed by atoms with E-state index < -0.39 is 11.9 Å². The number of hydrogen-bond donors (Lipinski definition) is 3. The van der Waals surface area contributed by atoms with Gasteiger partial charge in [-0.05, 0) is 71.2 Å². The molecule has 6 heteroatoms. The predicted octanol–water partition coefficient (Wildman–Crippen LogP) is 4.96. The zero-order valence-corrected chi connectivity index (χ0v) is 17.6. The van der Waals surface area contributed by atoms with Crippen LogP contribution in [0.1, 0.15) is 27.8 Å². The molecular formula is C26H22O6. The van der Waals surface area contributed by atoms with Crippen LogP contribution in [0, 0.1) is 6.92 Å². The molecule has 0 atom stereocenters. The summed E-state index contributed by atoms with van der Waals surface area (Å²) in [6.45, 7) is 1.79. The van der Waals surface area contributed by atoms with E-state index in [1.165, 1.54) is 25.3 Å². The van der Waals surface area contributed by atoms with Gasteiger partial charge in [-0.1, -0.05) is 42.5 Å². The number of methoxy groups -OCH3 is 1. The van der Waals surface area contributed by atoms with Gasteiger partial charge in [-0.2, -0.15) is 0 Å². The maximum Gasteiger partial charge on any atom is 0.336 e. The van der Waals surface area contributed by atoms with Gasteiger partial charge in [0.15, 0.2) is 0 Å². The first-order chi connectivity index (χ1) is 15.3. The summed E-state index contributed by atoms with van der Waals surface area (Å²) in [6.07, 6.45) is 3.08. The number of carboxylic acid groups (broad SMARTS) is 2. The van der Waals surface area contributed by atoms with Crippen molar-refractivity contribution >= 4 is 35.2 Å². The number of benzene rings is 3. The molecule has 3 aromatic rings. The van der Waals surface area contributed by atoms with E-state index in [2.05, 4.69) is 0 Å². The third-order valence-electron chi connectivity index (χ3n) is 4.95. The lowest BCUT2D eigenvalue weighted by atomic mass is 9.96. The van der Waals surface area contributed by atoms with Crippen molar-refractivity contribution in [3.05, 3.63) is 94.5 Å². The maximum atomic E-state index is 11.9. The Balaban J connectivity index is 2.00. The number of ether oxygens (including phenoxy) is 1. The van der Waals surface area contributed by atoms with E-state index in [4.69, 9.17) is 4.74 Å². The van der Waals surface area contributed by atoms with Gasteiger partial charge in [-0.15, -0.1) is 0 Å². The lowest BCUT2D eigenvalue weighted by Gasteiger charge is -2.09. The minimum atomic E-state index is -1.09. The minimum absolute atomic E-state index is 0.0860. The third-order valence-corrected chi connectivity index (χ3v) is 4.95. The number of carbonyl (C=O) groups is 2. The van der Waals surface area contributed by atoms with Crippen LogP contribution in [-0.4, -0.2) is 34.4 Å². The molecule has 0 bridgehead atoms. The minimum Gasteiger partial charge on any atom is -0.508 e. The van der Waals surface area contributed by atoms with Crippen molar-refractivity contribution in [3.8, 4) is 11.5 Å². The molecule has 3 aromatic carbocycles. The summed E-state index contributed by atoms with van der Waals surface area (Å²) in [6, 6.07) is 18.0. The van der Waals surface area contributed by atoms with Crippen LogP contribution < -0.4 is 4.74 Å². The molecule has 32 heavy (non-hydrogen) atoms. The zero-order valence-electron chi connectivity index (χ0n) is 17.6. The first-order valence-electron chi connectivity index (χ1n) is 9.73. The van der Waals surface area contributed by atoms with Crippen molar-refractivity contribution in [2.24, 2.45) is 0 Å². The summed E-state index contributed by atoms with van der Waals surface area (Å²) in [5.74, 6) is -1.44. The molecular weight excluding hydrogens is 408 g/mol. The van der Waals surface area contributed by atoms with Gasteiger partial charge in [0.2, 0.25) is 0 Å². The highest BCUT2D eigenvalue weighted by atomic mass is 16.5. The highest BCUT2D eigenvalue weighted by molar-refractivity contribution is 6.22. The first-order valence-corrected chi connectivity index (χ1v) is 9.73. The number of phenols is 1. The molecule has 3 rings (SSSR count). The number of aryl methyl sites for hydroxylation is 1. The van der Waals surface area contributed by atoms with Crippen LogP contribution in [0.5, 0.6) is 11.5 Å². The van der Waals surface area contributed by atoms with Crippen molar-refractivity contribution in [2.45, 2.75) is 6.92 Å². The highest BCUT2D eigenvalue weighted by Crippen LogP contribution is 2.26. The fourth-order valence-corrected chi connectivity index (χ4v) is 3.21. The Morgan fingerprint density at radius 1 is 0.781 bits per heavy atom. The quantitative estimate of drug-likeness (QED) is 0.362. The van der Waals surface area contributed by atoms with Crippen molar-refractivity contribution in [2.75, 3.05) is 7.11 Å². The normalized spacial score (nSPS) is 11.8. The maximum absolute atomic E-state index is 11.9. The lowest BCUT2D eigenvalue weighted by molar-refractivity contribution is -0.131. The summed E-state index contributed by atoms with van der Waals surface area (Å²) >= 11 is 0. The van der Waals surface area contributed by atoms with Gasteiger partial charge in [-0.25, -0.2) is 9.59 Å². The lowest BCUT2D eigenvalue weighted by Crippen LogP contribution is -2.02. The van der Waals surface area contributed by atoms with Crippen LogP contribution in [0.4, 0.5) is 0 Å². The molecule has 0 radical (unpaired) electrons. The second kappa shape index (κ2) is 9.66. The molecule has 0 amide bonds. The number of carboxylic acids is 2. The molecule has 0 saturated carbocycles. The van der Waals surface area contributed by atoms with Crippen molar-refractivity contribution < 1.29 is 29.6 Å². The first kappa shape index (κ1) is 22.4. The van der Waals surface area contributed by atoms with Gasteiger partial charge >= 0.3 is 11.9 Å². The third kappa shape index (κ3) is 5.23. The number of aliphatic carboxylic acids is 2. The molecule has 0 aliphatic carbocycles. The predicted molar refractivity (Wildman–Crippen MR) is 123 cm³/mol. The van der Waals surface area contributed by atoms with Crippen LogP contribution in [-0.2, 0) is 9.59 Å². The van der Waals surface area contributed by atoms with Crippen molar-refractivity contribution in [1.29, 1.82) is 0 Å². The summed E-state index contributed by atoms with van der Waals surface area (Å²) in [5.41, 5.74) is 3.24. The Labute approximate surface area is 185 Å². The summed E-state index contributed by atoms with van der Waals surface area (Å²) in [5, 5.41) is 28.8. The fraction of sp³-hybridized carbons (Fsp3) is 0.0769. The van der Waals surface area contributed by atoms with Crippen molar-refractivity contribution in [1.82, 2.24) is 0 Å². The SMILES string of the molecule is COc1ccc(C(=Cc2ccc(C(=Cc3ccc(O)cc3)C(=O)O)cc2C)C(=O)O)cc1. The monoisotopic (exact) mass is 430 g/mol. The summed E-state index contributed by atoms with van der Waals surface area (Å²) < 4.78 is 5.12. The fourth-order valence-electron chi connectivity index (χ4n) is 3.21. The molecule has 0 unspecified atom stereocenters. The van der Waals surface area contributed by atoms with Gasteiger partial charge in [0, 0.05) is 0 Å². The Morgan fingerprint density at radius 2 is 1.34 bits per heavy atom. The topological polar surface area (TPSA) is 104 Å². The Kier molecular flexibility index (Phi) is 6.75. The van der Waals surface area contributed by atoms with E-state index in [-0.39, 0.29) is 16.9 Å². The summed E-state index contributed by atoms with van der Waals surface area (Å²) in [4.78, 5) is 23.7. The van der Waals surface area contributed by atoms with Gasteiger partial charge < -0.3 is 20.1 Å².